The van der Waals surface area contributed by atoms with Crippen LogP contribution in [-0.4, -0.2) is 38.0 Å². The van der Waals surface area contributed by atoms with Gasteiger partial charge in [0.25, 0.3) is 0 Å². The van der Waals surface area contributed by atoms with E-state index in [0.717, 1.165) is 16.4 Å². The second-order valence-electron chi connectivity index (χ2n) is 5.88. The number of rotatable bonds is 5. The molecule has 0 aliphatic rings. The maximum absolute atomic E-state index is 11.8. The topological polar surface area (TPSA) is 50.3 Å². The van der Waals surface area contributed by atoms with Crippen molar-refractivity contribution in [3.63, 3.8) is 0 Å². The largest absolute Gasteiger partial charge is 0.350 e. The number of hydrogen-bond donors (Lipinski definition) is 0. The average molecular weight is 359 g/mol. The minimum atomic E-state index is -3.14. The van der Waals surface area contributed by atoms with Crippen LogP contribution in [0.5, 0.6) is 0 Å². The summed E-state index contributed by atoms with van der Waals surface area (Å²) < 4.78 is 22.8. The summed E-state index contributed by atoms with van der Waals surface area (Å²) in [6.45, 7) is 3.82. The lowest BCUT2D eigenvalue weighted by Gasteiger charge is -2.28. The zero-order chi connectivity index (χ0) is 16.5. The van der Waals surface area contributed by atoms with E-state index in [1.807, 2.05) is 41.6 Å². The standard InChI is InChI=1S/C15H19ClN2O2S2/c1-15(2,22(4,19)20)10-18(3)14-17-13(9-21-14)11-7-5-6-8-12(11)16/h5-9H,10H2,1-4H3. The Labute approximate surface area is 140 Å². The SMILES string of the molecule is CN(CC(C)(C)S(C)(=O)=O)c1nc(-c2ccccc2Cl)cs1. The van der Waals surface area contributed by atoms with Crippen molar-refractivity contribution < 1.29 is 8.42 Å². The van der Waals surface area contributed by atoms with Crippen LogP contribution >= 0.6 is 22.9 Å². The molecule has 0 atom stereocenters. The zero-order valence-electron chi connectivity index (χ0n) is 13.0. The number of thiazole rings is 1. The smallest absolute Gasteiger partial charge is 0.185 e. The molecule has 0 N–H and O–H groups in total. The highest BCUT2D eigenvalue weighted by molar-refractivity contribution is 7.92. The fourth-order valence-electron chi connectivity index (χ4n) is 1.99. The van der Waals surface area contributed by atoms with Crippen LogP contribution in [0.2, 0.25) is 5.02 Å². The van der Waals surface area contributed by atoms with Crippen molar-refractivity contribution >= 4 is 37.9 Å². The van der Waals surface area contributed by atoms with Crippen molar-refractivity contribution in [3.8, 4) is 11.3 Å². The number of anilines is 1. The minimum absolute atomic E-state index is 0.376. The van der Waals surface area contributed by atoms with Gasteiger partial charge in [-0.2, -0.15) is 0 Å². The van der Waals surface area contributed by atoms with E-state index in [1.165, 1.54) is 17.6 Å². The van der Waals surface area contributed by atoms with Gasteiger partial charge in [0.15, 0.2) is 15.0 Å². The highest BCUT2D eigenvalue weighted by Gasteiger charge is 2.32. The van der Waals surface area contributed by atoms with E-state index in [4.69, 9.17) is 11.6 Å². The van der Waals surface area contributed by atoms with Gasteiger partial charge in [0.1, 0.15) is 0 Å². The Kier molecular flexibility index (Phi) is 4.84. The van der Waals surface area contributed by atoms with E-state index >= 15 is 0 Å². The Morgan fingerprint density at radius 2 is 1.95 bits per heavy atom. The molecule has 2 rings (SSSR count). The molecule has 0 unspecified atom stereocenters. The van der Waals surface area contributed by atoms with E-state index in [1.54, 1.807) is 13.8 Å². The van der Waals surface area contributed by atoms with Crippen LogP contribution in [0.1, 0.15) is 13.8 Å². The predicted molar refractivity (Wildman–Crippen MR) is 94.8 cm³/mol. The van der Waals surface area contributed by atoms with Crippen LogP contribution in [0, 0.1) is 0 Å². The quantitative estimate of drug-likeness (QED) is 0.817. The summed E-state index contributed by atoms with van der Waals surface area (Å²) in [6, 6.07) is 7.53. The minimum Gasteiger partial charge on any atom is -0.350 e. The van der Waals surface area contributed by atoms with Gasteiger partial charge in [-0.25, -0.2) is 13.4 Å². The molecule has 120 valence electrons. The number of halogens is 1. The molecule has 0 amide bonds. The molecule has 2 aromatic rings. The van der Waals surface area contributed by atoms with E-state index in [-0.39, 0.29) is 0 Å². The monoisotopic (exact) mass is 358 g/mol. The Balaban J connectivity index is 2.24. The van der Waals surface area contributed by atoms with Crippen LogP contribution in [0.3, 0.4) is 0 Å². The van der Waals surface area contributed by atoms with Crippen LogP contribution < -0.4 is 4.90 Å². The molecular formula is C15H19ClN2O2S2. The van der Waals surface area contributed by atoms with Crippen molar-refractivity contribution in [3.05, 3.63) is 34.7 Å². The Morgan fingerprint density at radius 1 is 1.32 bits per heavy atom. The van der Waals surface area contributed by atoms with Crippen LogP contribution in [0.15, 0.2) is 29.6 Å². The molecule has 0 saturated heterocycles. The number of benzene rings is 1. The molecule has 0 aliphatic heterocycles. The van der Waals surface area contributed by atoms with Gasteiger partial charge in [-0.05, 0) is 19.9 Å². The molecule has 0 aliphatic carbocycles. The summed E-state index contributed by atoms with van der Waals surface area (Å²) >= 11 is 7.66. The molecule has 1 heterocycles. The van der Waals surface area contributed by atoms with Gasteiger partial charge < -0.3 is 4.90 Å². The van der Waals surface area contributed by atoms with Crippen LogP contribution in [-0.2, 0) is 9.84 Å². The molecular weight excluding hydrogens is 340 g/mol. The molecule has 0 bridgehead atoms. The summed E-state index contributed by atoms with van der Waals surface area (Å²) in [7, 11) is -1.29. The van der Waals surface area contributed by atoms with Gasteiger partial charge in [-0.1, -0.05) is 29.8 Å². The lowest BCUT2D eigenvalue weighted by atomic mass is 10.2. The molecule has 7 heteroatoms. The molecule has 0 spiro atoms. The highest BCUT2D eigenvalue weighted by Crippen LogP contribution is 2.32. The predicted octanol–water partition coefficient (Wildman–Crippen LogP) is 3.72. The van der Waals surface area contributed by atoms with Crippen molar-refractivity contribution in [1.82, 2.24) is 4.98 Å². The van der Waals surface area contributed by atoms with Crippen LogP contribution in [0.25, 0.3) is 11.3 Å². The maximum atomic E-state index is 11.8. The summed E-state index contributed by atoms with van der Waals surface area (Å²) in [6.07, 6.45) is 1.26. The molecule has 0 fully saturated rings. The molecule has 1 aromatic heterocycles. The van der Waals surface area contributed by atoms with Crippen molar-refractivity contribution in [2.45, 2.75) is 18.6 Å². The normalized spacial score (nSPS) is 12.4. The Hall–Kier alpha value is -1.11. The second kappa shape index (κ2) is 6.18. The zero-order valence-corrected chi connectivity index (χ0v) is 15.4. The average Bonchev–Trinajstić information content (AvgIpc) is 2.87. The lowest BCUT2D eigenvalue weighted by molar-refractivity contribution is 0.550. The number of nitrogens with zero attached hydrogens (tertiary/aromatic N) is 2. The van der Waals surface area contributed by atoms with Gasteiger partial charge in [0.2, 0.25) is 0 Å². The highest BCUT2D eigenvalue weighted by atomic mass is 35.5. The first-order chi connectivity index (χ1) is 10.1. The molecule has 1 aromatic carbocycles. The summed E-state index contributed by atoms with van der Waals surface area (Å²) in [5.41, 5.74) is 1.68. The van der Waals surface area contributed by atoms with Gasteiger partial charge in [-0.15, -0.1) is 11.3 Å². The Bertz CT molecular complexity index is 769. The van der Waals surface area contributed by atoms with Crippen molar-refractivity contribution in [2.75, 3.05) is 24.7 Å². The van der Waals surface area contributed by atoms with E-state index < -0.39 is 14.6 Å². The molecule has 0 radical (unpaired) electrons. The summed E-state index contributed by atoms with van der Waals surface area (Å²) in [5.74, 6) is 0. The summed E-state index contributed by atoms with van der Waals surface area (Å²) in [4.78, 5) is 6.44. The third kappa shape index (κ3) is 3.62. The number of aromatic nitrogens is 1. The van der Waals surface area contributed by atoms with Crippen molar-refractivity contribution in [1.29, 1.82) is 0 Å². The van der Waals surface area contributed by atoms with Gasteiger partial charge in [0, 0.05) is 35.8 Å². The fraction of sp³-hybridized carbons (Fsp3) is 0.400. The van der Waals surface area contributed by atoms with Crippen LogP contribution in [0.4, 0.5) is 5.13 Å². The van der Waals surface area contributed by atoms with Gasteiger partial charge >= 0.3 is 0 Å². The maximum Gasteiger partial charge on any atom is 0.185 e. The second-order valence-corrected chi connectivity index (χ2v) is 9.78. The van der Waals surface area contributed by atoms with E-state index in [9.17, 15) is 8.42 Å². The fourth-order valence-corrected chi connectivity index (χ4v) is 3.44. The summed E-state index contributed by atoms with van der Waals surface area (Å²) in [5, 5.41) is 3.35. The van der Waals surface area contributed by atoms with Gasteiger partial charge in [0.05, 0.1) is 10.4 Å². The number of hydrogen-bond acceptors (Lipinski definition) is 5. The first-order valence-corrected chi connectivity index (χ1v) is 9.88. The first-order valence-electron chi connectivity index (χ1n) is 6.73. The third-order valence-corrected chi connectivity index (χ3v) is 7.01. The van der Waals surface area contributed by atoms with E-state index in [0.29, 0.717) is 11.6 Å². The molecule has 4 nitrogen and oxygen atoms in total. The first kappa shape index (κ1) is 17.2. The molecule has 0 saturated carbocycles. The number of sulfone groups is 1. The van der Waals surface area contributed by atoms with Crippen molar-refractivity contribution in [2.24, 2.45) is 0 Å². The molecule has 22 heavy (non-hydrogen) atoms. The third-order valence-electron chi connectivity index (χ3n) is 3.59. The van der Waals surface area contributed by atoms with E-state index in [2.05, 4.69) is 4.98 Å². The lowest BCUT2D eigenvalue weighted by Crippen LogP contribution is -2.42. The Morgan fingerprint density at radius 3 is 2.55 bits per heavy atom. The van der Waals surface area contributed by atoms with Gasteiger partial charge in [-0.3, -0.25) is 0 Å².